The summed E-state index contributed by atoms with van der Waals surface area (Å²) in [6.07, 6.45) is 1.18. The Hall–Kier alpha value is -3.65. The Morgan fingerprint density at radius 3 is 2.15 bits per heavy atom. The summed E-state index contributed by atoms with van der Waals surface area (Å²) in [5.41, 5.74) is 1.81. The second kappa shape index (κ2) is 9.46. The lowest BCUT2D eigenvalue weighted by Gasteiger charge is -2.13. The van der Waals surface area contributed by atoms with Gasteiger partial charge < -0.3 is 4.74 Å². The maximum Gasteiger partial charge on any atom is 0.200 e. The van der Waals surface area contributed by atoms with Crippen LogP contribution >= 0.6 is 11.6 Å². The van der Waals surface area contributed by atoms with Crippen LogP contribution in [0.15, 0.2) is 65.8 Å². The van der Waals surface area contributed by atoms with Gasteiger partial charge in [0.05, 0.1) is 6.21 Å². The van der Waals surface area contributed by atoms with Crippen molar-refractivity contribution in [2.24, 2.45) is 5.10 Å². The van der Waals surface area contributed by atoms with Gasteiger partial charge in [-0.3, -0.25) is 5.43 Å². The second-order valence-electron chi connectivity index (χ2n) is 6.89. The van der Waals surface area contributed by atoms with Gasteiger partial charge in [-0.2, -0.15) is 5.10 Å². The quantitative estimate of drug-likeness (QED) is 0.105. The van der Waals surface area contributed by atoms with E-state index in [4.69, 9.17) is 16.3 Å². The van der Waals surface area contributed by atoms with Crippen LogP contribution in [0.3, 0.4) is 0 Å². The molecular formula is C24H14ClF5N2O. The van der Waals surface area contributed by atoms with Crippen LogP contribution in [0.5, 0.6) is 5.75 Å². The molecule has 0 aliphatic rings. The van der Waals surface area contributed by atoms with E-state index in [1.807, 2.05) is 23.6 Å². The molecule has 0 aliphatic carbocycles. The molecule has 4 aromatic carbocycles. The van der Waals surface area contributed by atoms with Crippen LogP contribution in [0, 0.1) is 29.1 Å². The molecule has 0 saturated heterocycles. The fourth-order valence-electron chi connectivity index (χ4n) is 3.17. The van der Waals surface area contributed by atoms with E-state index in [-0.39, 0.29) is 6.61 Å². The van der Waals surface area contributed by atoms with E-state index in [0.29, 0.717) is 21.7 Å². The van der Waals surface area contributed by atoms with Crippen molar-refractivity contribution in [2.75, 3.05) is 5.43 Å². The molecule has 0 unspecified atom stereocenters. The molecule has 33 heavy (non-hydrogen) atoms. The Labute approximate surface area is 190 Å². The molecule has 9 heteroatoms. The summed E-state index contributed by atoms with van der Waals surface area (Å²) in [5, 5.41) is 5.74. The molecule has 0 aliphatic heterocycles. The normalized spacial score (nSPS) is 11.3. The van der Waals surface area contributed by atoms with Crippen molar-refractivity contribution in [3.05, 3.63) is 106 Å². The predicted molar refractivity (Wildman–Crippen MR) is 117 cm³/mol. The van der Waals surface area contributed by atoms with Crippen LogP contribution in [0.1, 0.15) is 11.1 Å². The lowest BCUT2D eigenvalue weighted by Crippen LogP contribution is -2.07. The topological polar surface area (TPSA) is 33.6 Å². The number of hydrogen-bond donors (Lipinski definition) is 1. The third-order valence-electron chi connectivity index (χ3n) is 4.85. The van der Waals surface area contributed by atoms with Crippen molar-refractivity contribution in [2.45, 2.75) is 6.61 Å². The van der Waals surface area contributed by atoms with Gasteiger partial charge in [-0.25, -0.2) is 22.0 Å². The first-order valence-electron chi connectivity index (χ1n) is 9.57. The Morgan fingerprint density at radius 2 is 1.42 bits per heavy atom. The SMILES string of the molecule is Fc1c(F)c(F)c(N/N=C\c2c(OCc3ccccc3Cl)ccc3ccccc23)c(F)c1F. The summed E-state index contributed by atoms with van der Waals surface area (Å²) in [7, 11) is 0. The van der Waals surface area contributed by atoms with Gasteiger partial charge in [-0.15, -0.1) is 0 Å². The summed E-state index contributed by atoms with van der Waals surface area (Å²) in [6.45, 7) is 0.129. The molecular weight excluding hydrogens is 463 g/mol. The number of fused-ring (bicyclic) bond motifs is 1. The standard InChI is InChI=1S/C24H14ClF5N2O/c25-17-8-4-2-6-14(17)12-33-18-10-9-13-5-1-3-7-15(13)16(18)11-31-32-24-22(29)20(27)19(26)21(28)23(24)30/h1-11,32H,12H2/b31-11-. The molecule has 0 radical (unpaired) electrons. The summed E-state index contributed by atoms with van der Waals surface area (Å²) >= 11 is 6.17. The molecule has 0 heterocycles. The smallest absolute Gasteiger partial charge is 0.200 e. The number of rotatable bonds is 6. The number of hydrazone groups is 1. The zero-order valence-electron chi connectivity index (χ0n) is 16.7. The molecule has 0 atom stereocenters. The van der Waals surface area contributed by atoms with Crippen LogP contribution in [-0.2, 0) is 6.61 Å². The van der Waals surface area contributed by atoms with Crippen LogP contribution in [-0.4, -0.2) is 6.21 Å². The van der Waals surface area contributed by atoms with Gasteiger partial charge in [0.1, 0.15) is 18.0 Å². The molecule has 4 aromatic rings. The molecule has 0 fully saturated rings. The fraction of sp³-hybridized carbons (Fsp3) is 0.0417. The Balaban J connectivity index is 1.69. The number of halogens is 6. The maximum absolute atomic E-state index is 13.9. The molecule has 0 aromatic heterocycles. The van der Waals surface area contributed by atoms with Crippen LogP contribution in [0.25, 0.3) is 10.8 Å². The van der Waals surface area contributed by atoms with Gasteiger partial charge in [0, 0.05) is 16.1 Å². The minimum atomic E-state index is -2.25. The monoisotopic (exact) mass is 476 g/mol. The third kappa shape index (κ3) is 4.47. The van der Waals surface area contributed by atoms with Crippen molar-refractivity contribution < 1.29 is 26.7 Å². The third-order valence-corrected chi connectivity index (χ3v) is 5.22. The average Bonchev–Trinajstić information content (AvgIpc) is 2.83. The van der Waals surface area contributed by atoms with Crippen molar-refractivity contribution in [3.63, 3.8) is 0 Å². The van der Waals surface area contributed by atoms with Crippen molar-refractivity contribution in [1.82, 2.24) is 0 Å². The number of ether oxygens (including phenoxy) is 1. The van der Waals surface area contributed by atoms with Gasteiger partial charge >= 0.3 is 0 Å². The van der Waals surface area contributed by atoms with E-state index in [0.717, 1.165) is 10.9 Å². The number of hydrogen-bond acceptors (Lipinski definition) is 3. The van der Waals surface area contributed by atoms with E-state index in [9.17, 15) is 22.0 Å². The van der Waals surface area contributed by atoms with E-state index in [1.165, 1.54) is 6.21 Å². The molecule has 4 rings (SSSR count). The Bertz CT molecular complexity index is 1350. The van der Waals surface area contributed by atoms with E-state index in [1.54, 1.807) is 42.5 Å². The largest absolute Gasteiger partial charge is 0.488 e. The van der Waals surface area contributed by atoms with Crippen molar-refractivity contribution in [1.29, 1.82) is 0 Å². The summed E-state index contributed by atoms with van der Waals surface area (Å²) < 4.78 is 73.8. The average molecular weight is 477 g/mol. The number of nitrogens with one attached hydrogen (secondary N) is 1. The highest BCUT2D eigenvalue weighted by Crippen LogP contribution is 2.30. The highest BCUT2D eigenvalue weighted by atomic mass is 35.5. The van der Waals surface area contributed by atoms with Crippen LogP contribution in [0.2, 0.25) is 5.02 Å². The number of anilines is 1. The lowest BCUT2D eigenvalue weighted by molar-refractivity contribution is 0.306. The predicted octanol–water partition coefficient (Wildman–Crippen LogP) is 7.21. The first-order valence-corrected chi connectivity index (χ1v) is 9.94. The summed E-state index contributed by atoms with van der Waals surface area (Å²) in [5.74, 6) is -10.0. The minimum absolute atomic E-state index is 0.129. The van der Waals surface area contributed by atoms with E-state index in [2.05, 4.69) is 5.10 Å². The van der Waals surface area contributed by atoms with Gasteiger partial charge in [0.25, 0.3) is 0 Å². The number of benzene rings is 4. The zero-order valence-corrected chi connectivity index (χ0v) is 17.4. The molecule has 0 saturated carbocycles. The summed E-state index contributed by atoms with van der Waals surface area (Å²) in [4.78, 5) is 0. The first-order chi connectivity index (χ1) is 15.9. The van der Waals surface area contributed by atoms with Crippen molar-refractivity contribution >= 4 is 34.3 Å². The maximum atomic E-state index is 13.9. The van der Waals surface area contributed by atoms with Gasteiger partial charge in [0.15, 0.2) is 23.3 Å². The Morgan fingerprint density at radius 1 is 0.788 bits per heavy atom. The second-order valence-corrected chi connectivity index (χ2v) is 7.30. The first kappa shape index (κ1) is 22.5. The highest BCUT2D eigenvalue weighted by molar-refractivity contribution is 6.31. The summed E-state index contributed by atoms with van der Waals surface area (Å²) in [6, 6.07) is 17.8. The molecule has 1 N–H and O–H groups in total. The molecule has 0 spiro atoms. The molecule has 0 bridgehead atoms. The highest BCUT2D eigenvalue weighted by Gasteiger charge is 2.25. The fourth-order valence-corrected chi connectivity index (χ4v) is 3.36. The molecule has 168 valence electrons. The number of nitrogens with zero attached hydrogens (tertiary/aromatic N) is 1. The van der Waals surface area contributed by atoms with Crippen LogP contribution < -0.4 is 10.2 Å². The van der Waals surface area contributed by atoms with Gasteiger partial charge in [0.2, 0.25) is 5.82 Å². The van der Waals surface area contributed by atoms with Gasteiger partial charge in [-0.1, -0.05) is 60.1 Å². The van der Waals surface area contributed by atoms with Gasteiger partial charge in [-0.05, 0) is 22.9 Å². The van der Waals surface area contributed by atoms with E-state index < -0.39 is 34.8 Å². The molecule has 3 nitrogen and oxygen atoms in total. The zero-order chi connectivity index (χ0) is 23.5. The van der Waals surface area contributed by atoms with Crippen molar-refractivity contribution in [3.8, 4) is 5.75 Å². The minimum Gasteiger partial charge on any atom is -0.488 e. The lowest BCUT2D eigenvalue weighted by atomic mass is 10.0. The molecule has 0 amide bonds. The van der Waals surface area contributed by atoms with E-state index >= 15 is 0 Å². The van der Waals surface area contributed by atoms with Crippen LogP contribution in [0.4, 0.5) is 27.6 Å². The Kier molecular flexibility index (Phi) is 6.46.